The number of allylic oxidation sites excluding steroid dienone is 1. The Morgan fingerprint density at radius 3 is 1.48 bits per heavy atom. The summed E-state index contributed by atoms with van der Waals surface area (Å²) in [5.74, 6) is -1.02. The Morgan fingerprint density at radius 1 is 0.581 bits per heavy atom. The van der Waals surface area contributed by atoms with E-state index >= 15 is 0 Å². The number of rotatable bonds is 17. The number of carbonyl (C=O) groups excluding carboxylic acids is 2. The Kier molecular flexibility index (Phi) is 12.3. The van der Waals surface area contributed by atoms with Crippen LogP contribution in [0.4, 0.5) is 0 Å². The van der Waals surface area contributed by atoms with Gasteiger partial charge in [-0.2, -0.15) is 0 Å². The van der Waals surface area contributed by atoms with E-state index in [1.54, 1.807) is 24.3 Å². The van der Waals surface area contributed by atoms with Crippen molar-refractivity contribution in [3.05, 3.63) is 41.0 Å². The fraction of sp³-hybridized carbons (Fsp3) is 0.643. The van der Waals surface area contributed by atoms with Crippen LogP contribution in [0.25, 0.3) is 5.76 Å². The van der Waals surface area contributed by atoms with Crippen LogP contribution < -0.4 is 0 Å². The minimum absolute atomic E-state index is 0.00107. The van der Waals surface area contributed by atoms with Gasteiger partial charge in [0, 0.05) is 16.7 Å². The number of Topliss-reactive ketones (excluding diaryl/α,β-unsaturated/α-hetero) is 2. The van der Waals surface area contributed by atoms with Gasteiger partial charge in [-0.25, -0.2) is 0 Å². The highest BCUT2D eigenvalue weighted by Gasteiger charge is 2.31. The predicted octanol–water partition coefficient (Wildman–Crippen LogP) is 8.37. The summed E-state index contributed by atoms with van der Waals surface area (Å²) in [6, 6.07) is 6.82. The highest BCUT2D eigenvalue weighted by atomic mass is 16.3. The number of aliphatic hydroxyl groups is 1. The maximum absolute atomic E-state index is 12.3. The lowest BCUT2D eigenvalue weighted by atomic mass is 9.86. The van der Waals surface area contributed by atoms with Gasteiger partial charge in [-0.05, 0) is 12.8 Å². The molecule has 0 aromatic heterocycles. The molecule has 1 N–H and O–H groups in total. The third kappa shape index (κ3) is 8.63. The number of ketones is 2. The summed E-state index contributed by atoms with van der Waals surface area (Å²) < 4.78 is 0. The number of fused-ring (bicyclic) bond motifs is 1. The third-order valence-electron chi connectivity index (χ3n) is 6.47. The molecule has 0 amide bonds. The molecule has 0 aliphatic heterocycles. The van der Waals surface area contributed by atoms with Gasteiger partial charge in [0.2, 0.25) is 11.6 Å². The average Bonchev–Trinajstić information content (AvgIpc) is 2.79. The molecule has 0 radical (unpaired) electrons. The summed E-state index contributed by atoms with van der Waals surface area (Å²) in [4.78, 5) is 24.6. The van der Waals surface area contributed by atoms with Crippen molar-refractivity contribution >= 4 is 17.3 Å². The molecule has 0 atom stereocenters. The summed E-state index contributed by atoms with van der Waals surface area (Å²) in [6.07, 6.45) is 21.3. The second-order valence-electron chi connectivity index (χ2n) is 9.08. The maximum atomic E-state index is 12.3. The van der Waals surface area contributed by atoms with Crippen molar-refractivity contribution in [2.75, 3.05) is 0 Å². The quantitative estimate of drug-likeness (QED) is 0.201. The van der Waals surface area contributed by atoms with Crippen LogP contribution in [0.15, 0.2) is 29.8 Å². The molecule has 3 nitrogen and oxygen atoms in total. The van der Waals surface area contributed by atoms with Crippen LogP contribution in [-0.4, -0.2) is 16.7 Å². The minimum atomic E-state index is -0.530. The molecule has 0 saturated carbocycles. The van der Waals surface area contributed by atoms with Gasteiger partial charge >= 0.3 is 0 Å². The molecule has 0 saturated heterocycles. The van der Waals surface area contributed by atoms with Crippen molar-refractivity contribution in [3.63, 3.8) is 0 Å². The van der Waals surface area contributed by atoms with Gasteiger partial charge in [0.05, 0.1) is 0 Å². The molecule has 1 aliphatic carbocycles. The van der Waals surface area contributed by atoms with Crippen LogP contribution in [0.2, 0.25) is 0 Å². The Bertz CT molecular complexity index is 717. The van der Waals surface area contributed by atoms with E-state index in [0.717, 1.165) is 19.3 Å². The molecule has 31 heavy (non-hydrogen) atoms. The van der Waals surface area contributed by atoms with Gasteiger partial charge in [0.1, 0.15) is 5.76 Å². The molecule has 2 rings (SSSR count). The van der Waals surface area contributed by atoms with Gasteiger partial charge in [-0.3, -0.25) is 9.59 Å². The van der Waals surface area contributed by atoms with Crippen LogP contribution in [-0.2, 0) is 4.79 Å². The maximum Gasteiger partial charge on any atom is 0.234 e. The van der Waals surface area contributed by atoms with Crippen molar-refractivity contribution in [2.45, 2.75) is 116 Å². The molecule has 0 heterocycles. The van der Waals surface area contributed by atoms with Crippen LogP contribution in [0, 0.1) is 0 Å². The molecule has 0 fully saturated rings. The first-order chi connectivity index (χ1) is 15.2. The molecular weight excluding hydrogens is 384 g/mol. The van der Waals surface area contributed by atoms with Gasteiger partial charge in [-0.15, -0.1) is 0 Å². The fourth-order valence-electron chi connectivity index (χ4n) is 4.50. The van der Waals surface area contributed by atoms with Gasteiger partial charge in [-0.1, -0.05) is 128 Å². The van der Waals surface area contributed by atoms with E-state index < -0.39 is 11.6 Å². The first-order valence-corrected chi connectivity index (χ1v) is 12.8. The summed E-state index contributed by atoms with van der Waals surface area (Å²) in [7, 11) is 0. The molecular formula is C28H42O3. The van der Waals surface area contributed by atoms with Crippen LogP contribution in [0.1, 0.15) is 132 Å². The zero-order chi connectivity index (χ0) is 22.3. The minimum Gasteiger partial charge on any atom is -0.507 e. The van der Waals surface area contributed by atoms with Gasteiger partial charge < -0.3 is 5.11 Å². The van der Waals surface area contributed by atoms with E-state index in [2.05, 4.69) is 6.92 Å². The second-order valence-corrected chi connectivity index (χ2v) is 9.08. The standard InChI is InChI=1S/C28H42O3/c1-2-3-4-5-6-7-8-9-10-11-12-13-14-15-16-17-22-25-26(29)23-20-18-19-21-24(23)27(30)28(25)31/h18-21,29H,2-17,22H2,1H3. The monoisotopic (exact) mass is 426 g/mol. The highest BCUT2D eigenvalue weighted by Crippen LogP contribution is 2.30. The first-order valence-electron chi connectivity index (χ1n) is 12.8. The van der Waals surface area contributed by atoms with Crippen molar-refractivity contribution in [1.29, 1.82) is 0 Å². The zero-order valence-electron chi connectivity index (χ0n) is 19.6. The van der Waals surface area contributed by atoms with Crippen molar-refractivity contribution in [3.8, 4) is 0 Å². The highest BCUT2D eigenvalue weighted by molar-refractivity contribution is 6.52. The van der Waals surface area contributed by atoms with Crippen molar-refractivity contribution in [2.24, 2.45) is 0 Å². The zero-order valence-corrected chi connectivity index (χ0v) is 19.6. The Hall–Kier alpha value is -1.90. The number of carbonyl (C=O) groups is 2. The van der Waals surface area contributed by atoms with Crippen LogP contribution in [0.3, 0.4) is 0 Å². The lowest BCUT2D eigenvalue weighted by Gasteiger charge is -2.17. The molecule has 0 unspecified atom stereocenters. The van der Waals surface area contributed by atoms with Crippen molar-refractivity contribution < 1.29 is 14.7 Å². The molecule has 0 bridgehead atoms. The summed E-state index contributed by atoms with van der Waals surface area (Å²) in [5.41, 5.74) is 1.12. The molecule has 3 heteroatoms. The first kappa shape index (κ1) is 25.4. The van der Waals surface area contributed by atoms with E-state index in [-0.39, 0.29) is 5.76 Å². The van der Waals surface area contributed by atoms with E-state index in [0.29, 0.717) is 23.1 Å². The molecule has 1 aromatic carbocycles. The largest absolute Gasteiger partial charge is 0.507 e. The molecule has 172 valence electrons. The number of aliphatic hydroxyl groups excluding tert-OH is 1. The summed E-state index contributed by atoms with van der Waals surface area (Å²) in [5, 5.41) is 10.4. The SMILES string of the molecule is CCCCCCCCCCCCCCCCCCC1=C(O)c2ccccc2C(=O)C1=O. The van der Waals surface area contributed by atoms with Gasteiger partial charge in [0.15, 0.2) is 0 Å². The number of benzene rings is 1. The Labute approximate surface area is 189 Å². The van der Waals surface area contributed by atoms with E-state index in [4.69, 9.17) is 0 Å². The molecule has 0 spiro atoms. The topological polar surface area (TPSA) is 54.4 Å². The fourth-order valence-corrected chi connectivity index (χ4v) is 4.50. The summed E-state index contributed by atoms with van der Waals surface area (Å²) in [6.45, 7) is 2.27. The smallest absolute Gasteiger partial charge is 0.234 e. The molecule has 1 aromatic rings. The number of unbranched alkanes of at least 4 members (excludes halogenated alkanes) is 15. The van der Waals surface area contributed by atoms with Gasteiger partial charge in [0.25, 0.3) is 0 Å². The van der Waals surface area contributed by atoms with Crippen LogP contribution in [0.5, 0.6) is 0 Å². The van der Waals surface area contributed by atoms with E-state index in [1.165, 1.54) is 83.5 Å². The molecule has 1 aliphatic rings. The lowest BCUT2D eigenvalue weighted by Crippen LogP contribution is -2.24. The Balaban J connectivity index is 1.48. The van der Waals surface area contributed by atoms with E-state index in [1.807, 2.05) is 0 Å². The number of hydrogen-bond acceptors (Lipinski definition) is 3. The normalized spacial score (nSPS) is 13.7. The van der Waals surface area contributed by atoms with E-state index in [9.17, 15) is 14.7 Å². The third-order valence-corrected chi connectivity index (χ3v) is 6.47. The van der Waals surface area contributed by atoms with Crippen LogP contribution >= 0.6 is 0 Å². The lowest BCUT2D eigenvalue weighted by molar-refractivity contribution is -0.112. The predicted molar refractivity (Wildman–Crippen MR) is 129 cm³/mol. The Morgan fingerprint density at radius 2 is 1.00 bits per heavy atom. The average molecular weight is 427 g/mol. The second kappa shape index (κ2) is 15.0. The number of hydrogen-bond donors (Lipinski definition) is 1. The van der Waals surface area contributed by atoms with Crippen molar-refractivity contribution in [1.82, 2.24) is 0 Å². The summed E-state index contributed by atoms with van der Waals surface area (Å²) >= 11 is 0.